The fourth-order valence-corrected chi connectivity index (χ4v) is 2.51. The predicted octanol–water partition coefficient (Wildman–Crippen LogP) is 2.05. The van der Waals surface area contributed by atoms with Gasteiger partial charge in [0.25, 0.3) is 0 Å². The summed E-state index contributed by atoms with van der Waals surface area (Å²) in [5.41, 5.74) is 0.433. The second-order valence-corrected chi connectivity index (χ2v) is 5.78. The Morgan fingerprint density at radius 3 is 2.86 bits per heavy atom. The number of piperidine rings is 1. The van der Waals surface area contributed by atoms with Crippen molar-refractivity contribution in [2.45, 2.75) is 12.8 Å². The number of nitrogens with one attached hydrogen (secondary N) is 3. The van der Waals surface area contributed by atoms with E-state index in [1.807, 2.05) is 0 Å². The largest absolute Gasteiger partial charge is 0.347 e. The van der Waals surface area contributed by atoms with Crippen LogP contribution >= 0.6 is 23.2 Å². The van der Waals surface area contributed by atoms with Gasteiger partial charge in [-0.2, -0.15) is 0 Å². The zero-order chi connectivity index (χ0) is 15.2. The lowest BCUT2D eigenvalue weighted by molar-refractivity contribution is -0.127. The van der Waals surface area contributed by atoms with Crippen LogP contribution in [-0.4, -0.2) is 31.4 Å². The molecule has 0 bridgehead atoms. The quantitative estimate of drug-likeness (QED) is 0.791. The smallest absolute Gasteiger partial charge is 0.243 e. The van der Waals surface area contributed by atoms with Crippen LogP contribution in [0.1, 0.15) is 12.8 Å². The summed E-state index contributed by atoms with van der Waals surface area (Å²) in [7, 11) is 0. The Morgan fingerprint density at radius 1 is 1.33 bits per heavy atom. The first-order chi connectivity index (χ1) is 10.1. The fraction of sp³-hybridized carbons (Fsp3) is 0.429. The highest BCUT2D eigenvalue weighted by Gasteiger charge is 2.21. The average Bonchev–Trinajstić information content (AvgIpc) is 2.49. The molecule has 5 nitrogen and oxygen atoms in total. The van der Waals surface area contributed by atoms with Crippen LogP contribution in [0.5, 0.6) is 0 Å². The minimum atomic E-state index is -0.337. The first kappa shape index (κ1) is 16.1. The van der Waals surface area contributed by atoms with Crippen molar-refractivity contribution >= 4 is 40.7 Å². The molecule has 0 saturated carbocycles. The van der Waals surface area contributed by atoms with E-state index in [9.17, 15) is 9.59 Å². The van der Waals surface area contributed by atoms with Crippen LogP contribution in [-0.2, 0) is 9.59 Å². The Kier molecular flexibility index (Phi) is 5.85. The molecule has 1 aromatic carbocycles. The highest BCUT2D eigenvalue weighted by molar-refractivity contribution is 6.35. The van der Waals surface area contributed by atoms with Gasteiger partial charge < -0.3 is 16.0 Å². The average molecular weight is 330 g/mol. The van der Waals surface area contributed by atoms with Crippen molar-refractivity contribution < 1.29 is 9.59 Å². The molecule has 1 aliphatic rings. The van der Waals surface area contributed by atoms with Gasteiger partial charge in [-0.15, -0.1) is 0 Å². The standard InChI is InChI=1S/C14H17Cl2N3O2/c15-10-3-4-11(16)12(6-10)19-13(20)8-18-14(21)9-2-1-5-17-7-9/h3-4,6,9,17H,1-2,5,7-8H2,(H,18,21)(H,19,20). The molecule has 0 aromatic heterocycles. The van der Waals surface area contributed by atoms with Gasteiger partial charge in [0.15, 0.2) is 0 Å². The molecule has 1 unspecified atom stereocenters. The minimum Gasteiger partial charge on any atom is -0.347 e. The van der Waals surface area contributed by atoms with Crippen molar-refractivity contribution in [3.05, 3.63) is 28.2 Å². The maximum absolute atomic E-state index is 11.9. The summed E-state index contributed by atoms with van der Waals surface area (Å²) in [4.78, 5) is 23.7. The van der Waals surface area contributed by atoms with Crippen LogP contribution in [0.4, 0.5) is 5.69 Å². The van der Waals surface area contributed by atoms with Gasteiger partial charge in [-0.3, -0.25) is 9.59 Å². The van der Waals surface area contributed by atoms with Crippen LogP contribution in [0.2, 0.25) is 10.0 Å². The maximum atomic E-state index is 11.9. The highest BCUT2D eigenvalue weighted by atomic mass is 35.5. The Hall–Kier alpha value is -1.30. The molecular weight excluding hydrogens is 313 g/mol. The molecule has 1 atom stereocenters. The number of rotatable bonds is 4. The number of hydrogen-bond donors (Lipinski definition) is 3. The summed E-state index contributed by atoms with van der Waals surface area (Å²) in [6, 6.07) is 4.80. The van der Waals surface area contributed by atoms with E-state index in [0.717, 1.165) is 19.4 Å². The summed E-state index contributed by atoms with van der Waals surface area (Å²) >= 11 is 11.8. The molecule has 7 heteroatoms. The molecule has 0 radical (unpaired) electrons. The van der Waals surface area contributed by atoms with Gasteiger partial charge in [0.05, 0.1) is 23.2 Å². The van der Waals surface area contributed by atoms with Crippen LogP contribution in [0, 0.1) is 5.92 Å². The van der Waals surface area contributed by atoms with Crippen molar-refractivity contribution in [1.82, 2.24) is 10.6 Å². The van der Waals surface area contributed by atoms with E-state index in [2.05, 4.69) is 16.0 Å². The fourth-order valence-electron chi connectivity index (χ4n) is 2.18. The molecule has 1 aliphatic heterocycles. The van der Waals surface area contributed by atoms with Crippen LogP contribution < -0.4 is 16.0 Å². The second-order valence-electron chi connectivity index (χ2n) is 4.93. The lowest BCUT2D eigenvalue weighted by atomic mass is 9.99. The van der Waals surface area contributed by atoms with E-state index < -0.39 is 0 Å². The lowest BCUT2D eigenvalue weighted by Crippen LogP contribution is -2.42. The Morgan fingerprint density at radius 2 is 2.14 bits per heavy atom. The summed E-state index contributed by atoms with van der Waals surface area (Å²) in [6.45, 7) is 1.52. The first-order valence-corrected chi connectivity index (χ1v) is 7.55. The number of amides is 2. The number of halogens is 2. The van der Waals surface area contributed by atoms with Crippen LogP contribution in [0.3, 0.4) is 0 Å². The minimum absolute atomic E-state index is 0.0682. The van der Waals surface area contributed by atoms with E-state index in [4.69, 9.17) is 23.2 Å². The molecule has 21 heavy (non-hydrogen) atoms. The number of benzene rings is 1. The normalized spacial score (nSPS) is 18.1. The van der Waals surface area contributed by atoms with E-state index >= 15 is 0 Å². The Balaban J connectivity index is 1.81. The molecule has 0 aliphatic carbocycles. The Labute approximate surface area is 133 Å². The predicted molar refractivity (Wildman–Crippen MR) is 83.7 cm³/mol. The van der Waals surface area contributed by atoms with Crippen molar-refractivity contribution in [2.24, 2.45) is 5.92 Å². The van der Waals surface area contributed by atoms with Gasteiger partial charge in [-0.1, -0.05) is 23.2 Å². The molecule has 1 heterocycles. The van der Waals surface area contributed by atoms with E-state index in [-0.39, 0.29) is 24.3 Å². The van der Waals surface area contributed by atoms with E-state index in [1.54, 1.807) is 18.2 Å². The molecule has 114 valence electrons. The highest BCUT2D eigenvalue weighted by Crippen LogP contribution is 2.25. The van der Waals surface area contributed by atoms with Crippen molar-refractivity contribution in [3.8, 4) is 0 Å². The second kappa shape index (κ2) is 7.64. The van der Waals surface area contributed by atoms with Crippen LogP contribution in [0.15, 0.2) is 18.2 Å². The summed E-state index contributed by atoms with van der Waals surface area (Å²) in [6.07, 6.45) is 1.82. The number of carbonyl (C=O) groups is 2. The lowest BCUT2D eigenvalue weighted by Gasteiger charge is -2.21. The molecular formula is C14H17Cl2N3O2. The van der Waals surface area contributed by atoms with Gasteiger partial charge in [-0.05, 0) is 37.6 Å². The molecule has 2 rings (SSSR count). The maximum Gasteiger partial charge on any atom is 0.243 e. The van der Waals surface area contributed by atoms with Crippen molar-refractivity contribution in [1.29, 1.82) is 0 Å². The molecule has 0 spiro atoms. The van der Waals surface area contributed by atoms with Gasteiger partial charge in [0, 0.05) is 11.6 Å². The topological polar surface area (TPSA) is 70.2 Å². The van der Waals surface area contributed by atoms with Gasteiger partial charge in [0.2, 0.25) is 11.8 Å². The third kappa shape index (κ3) is 4.88. The monoisotopic (exact) mass is 329 g/mol. The van der Waals surface area contributed by atoms with Gasteiger partial charge in [-0.25, -0.2) is 0 Å². The molecule has 3 N–H and O–H groups in total. The van der Waals surface area contributed by atoms with Crippen molar-refractivity contribution in [3.63, 3.8) is 0 Å². The summed E-state index contributed by atoms with van der Waals surface area (Å²) in [5.74, 6) is -0.507. The van der Waals surface area contributed by atoms with E-state index in [1.165, 1.54) is 0 Å². The Bertz CT molecular complexity index is 531. The molecule has 2 amide bonds. The first-order valence-electron chi connectivity index (χ1n) is 6.79. The molecule has 1 saturated heterocycles. The zero-order valence-corrected chi connectivity index (χ0v) is 12.9. The summed E-state index contributed by atoms with van der Waals surface area (Å²) in [5, 5.41) is 9.30. The summed E-state index contributed by atoms with van der Waals surface area (Å²) < 4.78 is 0. The molecule has 1 aromatic rings. The SMILES string of the molecule is O=C(CNC(=O)C1CCCNC1)Nc1cc(Cl)ccc1Cl. The number of hydrogen-bond acceptors (Lipinski definition) is 3. The van der Waals surface area contributed by atoms with Gasteiger partial charge in [0.1, 0.15) is 0 Å². The third-order valence-electron chi connectivity index (χ3n) is 3.29. The third-order valence-corrected chi connectivity index (χ3v) is 3.86. The molecule has 1 fully saturated rings. The van der Waals surface area contributed by atoms with Gasteiger partial charge >= 0.3 is 0 Å². The zero-order valence-electron chi connectivity index (χ0n) is 11.4. The van der Waals surface area contributed by atoms with Crippen molar-refractivity contribution in [2.75, 3.05) is 25.0 Å². The van der Waals surface area contributed by atoms with Crippen LogP contribution in [0.25, 0.3) is 0 Å². The van der Waals surface area contributed by atoms with E-state index in [0.29, 0.717) is 22.3 Å². The number of carbonyl (C=O) groups excluding carboxylic acids is 2. The number of anilines is 1.